The van der Waals surface area contributed by atoms with E-state index in [1.165, 1.54) is 5.56 Å². The fraction of sp³-hybridized carbons (Fsp3) is 0.300. The molecule has 0 radical (unpaired) electrons. The first-order valence-corrected chi connectivity index (χ1v) is 8.91. The van der Waals surface area contributed by atoms with Gasteiger partial charge < -0.3 is 14.2 Å². The molecule has 3 heterocycles. The Kier molecular flexibility index (Phi) is 4.58. The van der Waals surface area contributed by atoms with Crippen LogP contribution in [-0.2, 0) is 13.0 Å². The van der Waals surface area contributed by atoms with Gasteiger partial charge in [-0.15, -0.1) is 10.2 Å². The molecule has 138 valence electrons. The first-order chi connectivity index (χ1) is 13.2. The molecule has 4 rings (SSSR count). The van der Waals surface area contributed by atoms with Crippen molar-refractivity contribution >= 4 is 5.91 Å². The zero-order valence-corrected chi connectivity index (χ0v) is 15.4. The Hall–Kier alpha value is -3.22. The van der Waals surface area contributed by atoms with Crippen molar-refractivity contribution in [3.05, 3.63) is 71.6 Å². The topological polar surface area (TPSA) is 73.1 Å². The molecule has 27 heavy (non-hydrogen) atoms. The van der Waals surface area contributed by atoms with E-state index in [4.69, 9.17) is 4.74 Å². The maximum Gasteiger partial charge on any atom is 0.258 e. The predicted molar refractivity (Wildman–Crippen MR) is 99.5 cm³/mol. The Morgan fingerprint density at radius 3 is 2.81 bits per heavy atom. The van der Waals surface area contributed by atoms with Crippen LogP contribution in [0, 0.1) is 0 Å². The van der Waals surface area contributed by atoms with Gasteiger partial charge in [0.2, 0.25) is 0 Å². The highest BCUT2D eigenvalue weighted by molar-refractivity contribution is 5.96. The highest BCUT2D eigenvalue weighted by atomic mass is 16.5. The normalized spacial score (nSPS) is 16.1. The summed E-state index contributed by atoms with van der Waals surface area (Å²) in [6.45, 7) is 3.11. The molecule has 0 saturated carbocycles. The molecule has 2 aromatic heterocycles. The van der Waals surface area contributed by atoms with Gasteiger partial charge in [0.25, 0.3) is 5.91 Å². The van der Waals surface area contributed by atoms with Gasteiger partial charge in [-0.3, -0.25) is 9.78 Å². The highest BCUT2D eigenvalue weighted by Crippen LogP contribution is 2.26. The smallest absolute Gasteiger partial charge is 0.258 e. The molecule has 1 aromatic carbocycles. The van der Waals surface area contributed by atoms with E-state index in [0.717, 1.165) is 18.1 Å². The monoisotopic (exact) mass is 363 g/mol. The number of pyridine rings is 1. The fourth-order valence-corrected chi connectivity index (χ4v) is 3.56. The van der Waals surface area contributed by atoms with Crippen LogP contribution < -0.4 is 4.74 Å². The van der Waals surface area contributed by atoms with E-state index in [1.54, 1.807) is 30.5 Å². The van der Waals surface area contributed by atoms with Gasteiger partial charge in [-0.25, -0.2) is 0 Å². The van der Waals surface area contributed by atoms with Crippen molar-refractivity contribution < 1.29 is 9.53 Å². The quantitative estimate of drug-likeness (QED) is 0.712. The van der Waals surface area contributed by atoms with E-state index in [2.05, 4.69) is 38.8 Å². The molecule has 7 nitrogen and oxygen atoms in total. The van der Waals surface area contributed by atoms with Crippen LogP contribution in [0.3, 0.4) is 0 Å². The zero-order valence-electron chi connectivity index (χ0n) is 15.4. The number of methoxy groups -OCH3 is 1. The minimum atomic E-state index is -0.0834. The van der Waals surface area contributed by atoms with Crippen molar-refractivity contribution in [3.63, 3.8) is 0 Å². The van der Waals surface area contributed by atoms with Crippen LogP contribution in [0.2, 0.25) is 0 Å². The number of ether oxygens (including phenoxy) is 1. The summed E-state index contributed by atoms with van der Waals surface area (Å²) >= 11 is 0. The lowest BCUT2D eigenvalue weighted by Crippen LogP contribution is -2.41. The van der Waals surface area contributed by atoms with Crippen LogP contribution >= 0.6 is 0 Å². The van der Waals surface area contributed by atoms with Crippen LogP contribution in [0.25, 0.3) is 0 Å². The number of benzene rings is 1. The molecule has 7 heteroatoms. The van der Waals surface area contributed by atoms with Crippen molar-refractivity contribution in [2.24, 2.45) is 0 Å². The maximum absolute atomic E-state index is 13.0. The van der Waals surface area contributed by atoms with Gasteiger partial charge in [0.05, 0.1) is 31.5 Å². The standard InChI is InChI=1S/C20H21N5O2/c1-14-12-24(20(26)16-8-9-21-11-17(16)27-2)13-19-23-22-18(25(14)19)10-15-6-4-3-5-7-15/h3-9,11,14H,10,12-13H2,1-2H3/t14-/m0/s1. The van der Waals surface area contributed by atoms with Crippen LogP contribution in [0.15, 0.2) is 48.8 Å². The van der Waals surface area contributed by atoms with Gasteiger partial charge >= 0.3 is 0 Å². The van der Waals surface area contributed by atoms with E-state index in [-0.39, 0.29) is 11.9 Å². The number of carbonyl (C=O) groups is 1. The lowest BCUT2D eigenvalue weighted by atomic mass is 10.1. The van der Waals surface area contributed by atoms with Crippen LogP contribution in [-0.4, -0.2) is 44.2 Å². The molecule has 0 spiro atoms. The first-order valence-electron chi connectivity index (χ1n) is 8.91. The van der Waals surface area contributed by atoms with Crippen LogP contribution in [0.5, 0.6) is 5.75 Å². The third kappa shape index (κ3) is 3.28. The van der Waals surface area contributed by atoms with E-state index >= 15 is 0 Å². The molecule has 1 atom stereocenters. The van der Waals surface area contributed by atoms with Crippen molar-refractivity contribution in [1.29, 1.82) is 0 Å². The Labute approximate surface area is 157 Å². The van der Waals surface area contributed by atoms with E-state index in [0.29, 0.717) is 24.4 Å². The summed E-state index contributed by atoms with van der Waals surface area (Å²) in [6, 6.07) is 12.0. The molecular weight excluding hydrogens is 342 g/mol. The van der Waals surface area contributed by atoms with Crippen molar-refractivity contribution in [1.82, 2.24) is 24.6 Å². The number of hydrogen-bond acceptors (Lipinski definition) is 5. The van der Waals surface area contributed by atoms with Gasteiger partial charge in [0.15, 0.2) is 5.82 Å². The Balaban J connectivity index is 1.58. The summed E-state index contributed by atoms with van der Waals surface area (Å²) in [4.78, 5) is 18.8. The van der Waals surface area contributed by atoms with Gasteiger partial charge in [0.1, 0.15) is 11.6 Å². The van der Waals surface area contributed by atoms with Crippen molar-refractivity contribution in [2.45, 2.75) is 25.9 Å². The minimum absolute atomic E-state index is 0.0834. The molecule has 3 aromatic rings. The summed E-state index contributed by atoms with van der Waals surface area (Å²) in [6.07, 6.45) is 3.88. The first kappa shape index (κ1) is 17.2. The average Bonchev–Trinajstić information content (AvgIpc) is 3.11. The number of fused-ring (bicyclic) bond motifs is 1. The minimum Gasteiger partial charge on any atom is -0.494 e. The second-order valence-electron chi connectivity index (χ2n) is 6.68. The fourth-order valence-electron chi connectivity index (χ4n) is 3.56. The molecule has 1 aliphatic rings. The molecule has 0 N–H and O–H groups in total. The van der Waals surface area contributed by atoms with E-state index in [1.807, 2.05) is 18.2 Å². The third-order valence-electron chi connectivity index (χ3n) is 4.82. The number of hydrogen-bond donors (Lipinski definition) is 0. The highest BCUT2D eigenvalue weighted by Gasteiger charge is 2.30. The lowest BCUT2D eigenvalue weighted by molar-refractivity contribution is 0.0676. The Morgan fingerprint density at radius 1 is 1.22 bits per heavy atom. The van der Waals surface area contributed by atoms with Crippen molar-refractivity contribution in [3.8, 4) is 5.75 Å². The zero-order chi connectivity index (χ0) is 18.8. The molecule has 1 aliphatic heterocycles. The van der Waals surface area contributed by atoms with E-state index < -0.39 is 0 Å². The number of aromatic nitrogens is 4. The SMILES string of the molecule is COc1cnccc1C(=O)N1Cc2nnc(Cc3ccccc3)n2[C@@H](C)C1. The molecule has 0 fully saturated rings. The molecule has 0 unspecified atom stereocenters. The van der Waals surface area contributed by atoms with Crippen LogP contribution in [0.1, 0.15) is 40.5 Å². The molecule has 0 bridgehead atoms. The summed E-state index contributed by atoms with van der Waals surface area (Å²) in [7, 11) is 1.54. The number of nitrogens with zero attached hydrogens (tertiary/aromatic N) is 5. The molecular formula is C20H21N5O2. The van der Waals surface area contributed by atoms with Crippen LogP contribution in [0.4, 0.5) is 0 Å². The maximum atomic E-state index is 13.0. The Bertz CT molecular complexity index is 954. The Morgan fingerprint density at radius 2 is 2.04 bits per heavy atom. The largest absolute Gasteiger partial charge is 0.494 e. The van der Waals surface area contributed by atoms with Gasteiger partial charge in [-0.05, 0) is 18.6 Å². The van der Waals surface area contributed by atoms with Crippen molar-refractivity contribution in [2.75, 3.05) is 13.7 Å². The summed E-state index contributed by atoms with van der Waals surface area (Å²) in [5.74, 6) is 2.13. The number of amides is 1. The van der Waals surface area contributed by atoms with Gasteiger partial charge in [-0.2, -0.15) is 0 Å². The lowest BCUT2D eigenvalue weighted by Gasteiger charge is -2.33. The molecule has 0 aliphatic carbocycles. The third-order valence-corrected chi connectivity index (χ3v) is 4.82. The summed E-state index contributed by atoms with van der Waals surface area (Å²) < 4.78 is 7.43. The number of rotatable bonds is 4. The average molecular weight is 363 g/mol. The predicted octanol–water partition coefficient (Wildman–Crippen LogP) is 2.49. The second-order valence-corrected chi connectivity index (χ2v) is 6.68. The summed E-state index contributed by atoms with van der Waals surface area (Å²) in [5, 5.41) is 8.73. The van der Waals surface area contributed by atoms with Gasteiger partial charge in [-0.1, -0.05) is 30.3 Å². The number of carbonyl (C=O) groups excluding carboxylic acids is 1. The summed E-state index contributed by atoms with van der Waals surface area (Å²) in [5.41, 5.74) is 1.71. The molecule has 0 saturated heterocycles. The molecule has 1 amide bonds. The van der Waals surface area contributed by atoms with Gasteiger partial charge in [0, 0.05) is 19.2 Å². The van der Waals surface area contributed by atoms with E-state index in [9.17, 15) is 4.79 Å². The second kappa shape index (κ2) is 7.19.